The van der Waals surface area contributed by atoms with Gasteiger partial charge < -0.3 is 0 Å². The fourth-order valence-electron chi connectivity index (χ4n) is 3.22. The number of nitrogens with one attached hydrogen (secondary N) is 1. The maximum Gasteiger partial charge on any atom is 0.0246 e. The molecule has 0 aromatic carbocycles. The van der Waals surface area contributed by atoms with Crippen LogP contribution in [0, 0.1) is 17.3 Å². The van der Waals surface area contributed by atoms with E-state index < -0.39 is 0 Å². The number of rotatable bonds is 5. The first-order valence-corrected chi connectivity index (χ1v) is 6.97. The molecule has 1 saturated carbocycles. The van der Waals surface area contributed by atoms with Crippen molar-refractivity contribution < 1.29 is 0 Å². The molecule has 0 aliphatic heterocycles. The average molecular weight is 226 g/mol. The van der Waals surface area contributed by atoms with Crippen LogP contribution < -0.4 is 11.3 Å². The molecular weight excluding hydrogens is 196 g/mol. The third-order valence-corrected chi connectivity index (χ3v) is 4.64. The van der Waals surface area contributed by atoms with Gasteiger partial charge in [0.2, 0.25) is 0 Å². The Morgan fingerprint density at radius 2 is 2.06 bits per heavy atom. The molecule has 2 nitrogen and oxygen atoms in total. The van der Waals surface area contributed by atoms with Gasteiger partial charge >= 0.3 is 0 Å². The van der Waals surface area contributed by atoms with Crippen LogP contribution in [0.3, 0.4) is 0 Å². The van der Waals surface area contributed by atoms with Crippen molar-refractivity contribution in [3.8, 4) is 0 Å². The molecule has 0 amide bonds. The monoisotopic (exact) mass is 226 g/mol. The fourth-order valence-corrected chi connectivity index (χ4v) is 3.22. The molecule has 3 unspecified atom stereocenters. The molecule has 0 spiro atoms. The number of hydrogen-bond acceptors (Lipinski definition) is 2. The van der Waals surface area contributed by atoms with E-state index >= 15 is 0 Å². The second-order valence-electron chi connectivity index (χ2n) is 6.36. The van der Waals surface area contributed by atoms with Gasteiger partial charge in [-0.05, 0) is 36.5 Å². The molecule has 0 aromatic rings. The molecule has 3 N–H and O–H groups in total. The first-order chi connectivity index (χ1) is 7.51. The fraction of sp³-hybridized carbons (Fsp3) is 1.00. The third kappa shape index (κ3) is 3.46. The molecule has 1 aliphatic carbocycles. The van der Waals surface area contributed by atoms with Crippen LogP contribution in [-0.4, -0.2) is 6.04 Å². The molecule has 16 heavy (non-hydrogen) atoms. The summed E-state index contributed by atoms with van der Waals surface area (Å²) in [6.45, 7) is 9.43. The van der Waals surface area contributed by atoms with Gasteiger partial charge in [0.15, 0.2) is 0 Å². The normalized spacial score (nSPS) is 28.7. The van der Waals surface area contributed by atoms with Gasteiger partial charge in [-0.25, -0.2) is 0 Å². The Labute approximate surface area is 101 Å². The number of nitrogens with two attached hydrogens (primary N) is 1. The first-order valence-electron chi connectivity index (χ1n) is 6.97. The Morgan fingerprint density at radius 3 is 2.56 bits per heavy atom. The zero-order valence-corrected chi connectivity index (χ0v) is 11.6. The molecule has 3 atom stereocenters. The highest BCUT2D eigenvalue weighted by Crippen LogP contribution is 2.43. The van der Waals surface area contributed by atoms with Crippen LogP contribution >= 0.6 is 0 Å². The van der Waals surface area contributed by atoms with Crippen molar-refractivity contribution in [2.24, 2.45) is 23.1 Å². The lowest BCUT2D eigenvalue weighted by Gasteiger charge is -2.43. The third-order valence-electron chi connectivity index (χ3n) is 4.64. The zero-order valence-electron chi connectivity index (χ0n) is 11.6. The smallest absolute Gasteiger partial charge is 0.0246 e. The lowest BCUT2D eigenvalue weighted by Crippen LogP contribution is -2.48. The van der Waals surface area contributed by atoms with Crippen LogP contribution in [0.15, 0.2) is 0 Å². The van der Waals surface area contributed by atoms with Crippen molar-refractivity contribution >= 4 is 0 Å². The summed E-state index contributed by atoms with van der Waals surface area (Å²) in [6, 6.07) is 0.505. The largest absolute Gasteiger partial charge is 0.271 e. The van der Waals surface area contributed by atoms with Gasteiger partial charge in [0, 0.05) is 6.04 Å². The minimum absolute atomic E-state index is 0.461. The molecular formula is C14H30N2. The molecule has 0 heterocycles. The lowest BCUT2D eigenvalue weighted by molar-refractivity contribution is 0.0883. The first kappa shape index (κ1) is 14.0. The summed E-state index contributed by atoms with van der Waals surface area (Å²) in [4.78, 5) is 0. The van der Waals surface area contributed by atoms with Gasteiger partial charge in [-0.3, -0.25) is 11.3 Å². The average Bonchev–Trinajstić information content (AvgIpc) is 2.25. The van der Waals surface area contributed by atoms with Gasteiger partial charge in [0.25, 0.3) is 0 Å². The quantitative estimate of drug-likeness (QED) is 0.556. The Kier molecular flexibility index (Phi) is 5.26. The Hall–Kier alpha value is -0.0800. The molecule has 2 heteroatoms. The Balaban J connectivity index is 2.62. The molecule has 0 radical (unpaired) electrons. The van der Waals surface area contributed by atoms with Crippen LogP contribution in [0.25, 0.3) is 0 Å². The summed E-state index contributed by atoms with van der Waals surface area (Å²) in [5.74, 6) is 7.30. The summed E-state index contributed by atoms with van der Waals surface area (Å²) in [5, 5.41) is 0. The maximum absolute atomic E-state index is 5.78. The lowest BCUT2D eigenvalue weighted by atomic mass is 9.65. The molecule has 1 rings (SSSR count). The summed E-state index contributed by atoms with van der Waals surface area (Å²) in [5.41, 5.74) is 3.55. The minimum atomic E-state index is 0.461. The van der Waals surface area contributed by atoms with E-state index in [-0.39, 0.29) is 0 Å². The number of hydrogen-bond donors (Lipinski definition) is 2. The Morgan fingerprint density at radius 1 is 1.38 bits per heavy atom. The van der Waals surface area contributed by atoms with Crippen molar-refractivity contribution in [3.05, 3.63) is 0 Å². The van der Waals surface area contributed by atoms with Crippen LogP contribution in [0.5, 0.6) is 0 Å². The molecule has 0 bridgehead atoms. The van der Waals surface area contributed by atoms with E-state index in [1.54, 1.807) is 0 Å². The van der Waals surface area contributed by atoms with Crippen molar-refractivity contribution in [2.45, 2.75) is 72.3 Å². The SMILES string of the molecule is CCC(C)CC(NN)C1CCCCC1(C)C. The highest BCUT2D eigenvalue weighted by molar-refractivity contribution is 4.90. The predicted octanol–water partition coefficient (Wildman–Crippen LogP) is 3.47. The highest BCUT2D eigenvalue weighted by atomic mass is 15.2. The zero-order chi connectivity index (χ0) is 12.2. The summed E-state index contributed by atoms with van der Waals surface area (Å²) in [6.07, 6.45) is 7.96. The number of hydrazine groups is 1. The summed E-state index contributed by atoms with van der Waals surface area (Å²) in [7, 11) is 0. The second-order valence-corrected chi connectivity index (χ2v) is 6.36. The van der Waals surface area contributed by atoms with Crippen molar-refractivity contribution in [3.63, 3.8) is 0 Å². The van der Waals surface area contributed by atoms with Gasteiger partial charge in [0.05, 0.1) is 0 Å². The molecule has 96 valence electrons. The van der Waals surface area contributed by atoms with E-state index in [9.17, 15) is 0 Å². The maximum atomic E-state index is 5.78. The Bertz CT molecular complexity index is 201. The van der Waals surface area contributed by atoms with E-state index in [0.717, 1.165) is 11.8 Å². The molecule has 0 aromatic heterocycles. The van der Waals surface area contributed by atoms with E-state index in [4.69, 9.17) is 5.84 Å². The van der Waals surface area contributed by atoms with Gasteiger partial charge in [-0.15, -0.1) is 0 Å². The van der Waals surface area contributed by atoms with Crippen LogP contribution in [0.2, 0.25) is 0 Å². The second kappa shape index (κ2) is 6.02. The van der Waals surface area contributed by atoms with Crippen LogP contribution in [0.4, 0.5) is 0 Å². The molecule has 1 aliphatic rings. The van der Waals surface area contributed by atoms with E-state index in [1.807, 2.05) is 0 Å². The molecule has 0 saturated heterocycles. The van der Waals surface area contributed by atoms with E-state index in [0.29, 0.717) is 11.5 Å². The van der Waals surface area contributed by atoms with Crippen LogP contribution in [-0.2, 0) is 0 Å². The standard InChI is InChI=1S/C14H30N2/c1-5-11(2)10-13(16-15)12-8-6-7-9-14(12,3)4/h11-13,16H,5-10,15H2,1-4H3. The van der Waals surface area contributed by atoms with Crippen molar-refractivity contribution in [1.29, 1.82) is 0 Å². The summed E-state index contributed by atoms with van der Waals surface area (Å²) >= 11 is 0. The van der Waals surface area contributed by atoms with Gasteiger partial charge in [-0.2, -0.15) is 0 Å². The van der Waals surface area contributed by atoms with Crippen LogP contribution in [0.1, 0.15) is 66.2 Å². The minimum Gasteiger partial charge on any atom is -0.271 e. The highest BCUT2D eigenvalue weighted by Gasteiger charge is 2.37. The van der Waals surface area contributed by atoms with E-state index in [2.05, 4.69) is 33.1 Å². The van der Waals surface area contributed by atoms with Crippen molar-refractivity contribution in [1.82, 2.24) is 5.43 Å². The predicted molar refractivity (Wildman–Crippen MR) is 70.9 cm³/mol. The van der Waals surface area contributed by atoms with Gasteiger partial charge in [-0.1, -0.05) is 47.0 Å². The van der Waals surface area contributed by atoms with Gasteiger partial charge in [0.1, 0.15) is 0 Å². The molecule has 1 fully saturated rings. The summed E-state index contributed by atoms with van der Waals surface area (Å²) < 4.78 is 0. The van der Waals surface area contributed by atoms with Crippen molar-refractivity contribution in [2.75, 3.05) is 0 Å². The topological polar surface area (TPSA) is 38.0 Å². The van der Waals surface area contributed by atoms with E-state index in [1.165, 1.54) is 38.5 Å².